The average Bonchev–Trinajstić information content (AvgIpc) is 2.18. The summed E-state index contributed by atoms with van der Waals surface area (Å²) in [6.45, 7) is 4.58. The van der Waals surface area contributed by atoms with Gasteiger partial charge < -0.3 is 0 Å². The first-order chi connectivity index (χ1) is 6.31. The lowest BCUT2D eigenvalue weighted by atomic mass is 9.83. The van der Waals surface area contributed by atoms with E-state index >= 15 is 0 Å². The summed E-state index contributed by atoms with van der Waals surface area (Å²) in [4.78, 5) is 0. The molecular formula is C13H18. The third-order valence-electron chi connectivity index (χ3n) is 3.23. The Kier molecular flexibility index (Phi) is 2.39. The van der Waals surface area contributed by atoms with Crippen LogP contribution in [0.4, 0.5) is 0 Å². The molecule has 0 fully saturated rings. The molecule has 0 heterocycles. The Labute approximate surface area is 81.0 Å². The van der Waals surface area contributed by atoms with E-state index in [9.17, 15) is 0 Å². The number of rotatable bonds is 1. The fourth-order valence-corrected chi connectivity index (χ4v) is 2.33. The molecule has 0 aliphatic heterocycles. The van der Waals surface area contributed by atoms with E-state index in [1.54, 1.807) is 11.1 Å². The van der Waals surface area contributed by atoms with Crippen LogP contribution in [0.2, 0.25) is 0 Å². The third-order valence-corrected chi connectivity index (χ3v) is 3.23. The minimum Gasteiger partial charge on any atom is -0.0613 e. The molecule has 0 aromatic heterocycles. The van der Waals surface area contributed by atoms with Gasteiger partial charge in [-0.25, -0.2) is 0 Å². The van der Waals surface area contributed by atoms with Gasteiger partial charge in [0.15, 0.2) is 0 Å². The first-order valence-electron chi connectivity index (χ1n) is 5.43. The molecule has 1 aromatic carbocycles. The number of aryl methyl sites for hydroxylation is 2. The Balaban J connectivity index is 2.39. The van der Waals surface area contributed by atoms with Crippen LogP contribution in [0.5, 0.6) is 0 Å². The van der Waals surface area contributed by atoms with Crippen LogP contribution in [0.3, 0.4) is 0 Å². The molecule has 0 amide bonds. The Bertz CT molecular complexity index is 299. The lowest BCUT2D eigenvalue weighted by molar-refractivity contribution is 0.589. The Morgan fingerprint density at radius 3 is 3.00 bits per heavy atom. The first kappa shape index (κ1) is 8.80. The third kappa shape index (κ3) is 1.63. The van der Waals surface area contributed by atoms with Gasteiger partial charge in [-0.2, -0.15) is 0 Å². The van der Waals surface area contributed by atoms with Crippen LogP contribution in [0.25, 0.3) is 0 Å². The minimum absolute atomic E-state index is 0.787. The van der Waals surface area contributed by atoms with Gasteiger partial charge in [-0.15, -0.1) is 0 Å². The molecule has 13 heavy (non-hydrogen) atoms. The molecule has 1 atom stereocenters. The van der Waals surface area contributed by atoms with Crippen molar-refractivity contribution in [3.63, 3.8) is 0 Å². The van der Waals surface area contributed by atoms with Crippen LogP contribution in [-0.4, -0.2) is 0 Å². The van der Waals surface area contributed by atoms with Crippen molar-refractivity contribution in [3.8, 4) is 0 Å². The van der Waals surface area contributed by atoms with Gasteiger partial charge in [0.2, 0.25) is 0 Å². The first-order valence-corrected chi connectivity index (χ1v) is 5.43. The highest BCUT2D eigenvalue weighted by Gasteiger charge is 2.15. The zero-order chi connectivity index (χ0) is 9.26. The molecule has 1 unspecified atom stereocenters. The van der Waals surface area contributed by atoms with E-state index in [0.29, 0.717) is 0 Å². The van der Waals surface area contributed by atoms with Gasteiger partial charge in [0.05, 0.1) is 0 Å². The van der Waals surface area contributed by atoms with Crippen molar-refractivity contribution in [2.75, 3.05) is 0 Å². The Hall–Kier alpha value is -0.780. The van der Waals surface area contributed by atoms with E-state index in [0.717, 1.165) is 5.92 Å². The van der Waals surface area contributed by atoms with E-state index in [1.165, 1.54) is 31.2 Å². The predicted molar refractivity (Wildman–Crippen MR) is 57.2 cm³/mol. The number of hydrogen-bond acceptors (Lipinski definition) is 0. The standard InChI is InChI=1S/C13H18/c1-3-11-7-8-13-10(2)5-4-6-12(13)9-11/h7-10H,3-6H2,1-2H3. The van der Waals surface area contributed by atoms with Gasteiger partial charge in [-0.05, 0) is 48.3 Å². The van der Waals surface area contributed by atoms with Gasteiger partial charge in [0.1, 0.15) is 0 Å². The lowest BCUT2D eigenvalue weighted by Crippen LogP contribution is -2.07. The van der Waals surface area contributed by atoms with Gasteiger partial charge in [-0.3, -0.25) is 0 Å². The molecular weight excluding hydrogens is 156 g/mol. The van der Waals surface area contributed by atoms with Crippen molar-refractivity contribution in [2.24, 2.45) is 0 Å². The summed E-state index contributed by atoms with van der Waals surface area (Å²) in [6, 6.07) is 7.05. The lowest BCUT2D eigenvalue weighted by Gasteiger charge is -2.22. The summed E-state index contributed by atoms with van der Waals surface area (Å²) in [6.07, 6.45) is 5.22. The molecule has 0 spiro atoms. The fourth-order valence-electron chi connectivity index (χ4n) is 2.33. The average molecular weight is 174 g/mol. The van der Waals surface area contributed by atoms with Crippen molar-refractivity contribution in [3.05, 3.63) is 34.9 Å². The second-order valence-electron chi connectivity index (χ2n) is 4.18. The second kappa shape index (κ2) is 3.53. The number of hydrogen-bond donors (Lipinski definition) is 0. The zero-order valence-electron chi connectivity index (χ0n) is 8.64. The van der Waals surface area contributed by atoms with Gasteiger partial charge in [-0.1, -0.05) is 32.0 Å². The van der Waals surface area contributed by atoms with E-state index < -0.39 is 0 Å². The van der Waals surface area contributed by atoms with Crippen molar-refractivity contribution in [2.45, 2.75) is 45.4 Å². The molecule has 0 radical (unpaired) electrons. The maximum absolute atomic E-state index is 2.41. The predicted octanol–water partition coefficient (Wildman–Crippen LogP) is 3.69. The molecule has 1 aliphatic rings. The molecule has 70 valence electrons. The maximum atomic E-state index is 2.41. The SMILES string of the molecule is CCc1ccc2c(c1)CCCC2C. The summed E-state index contributed by atoms with van der Waals surface area (Å²) >= 11 is 0. The van der Waals surface area contributed by atoms with Gasteiger partial charge in [0.25, 0.3) is 0 Å². The summed E-state index contributed by atoms with van der Waals surface area (Å²) < 4.78 is 0. The number of benzene rings is 1. The highest BCUT2D eigenvalue weighted by atomic mass is 14.2. The van der Waals surface area contributed by atoms with Crippen molar-refractivity contribution in [1.82, 2.24) is 0 Å². The highest BCUT2D eigenvalue weighted by Crippen LogP contribution is 2.31. The monoisotopic (exact) mass is 174 g/mol. The molecule has 0 saturated heterocycles. The van der Waals surface area contributed by atoms with Gasteiger partial charge in [0, 0.05) is 0 Å². The van der Waals surface area contributed by atoms with E-state index in [4.69, 9.17) is 0 Å². The van der Waals surface area contributed by atoms with Crippen molar-refractivity contribution in [1.29, 1.82) is 0 Å². The largest absolute Gasteiger partial charge is 0.0613 e. The maximum Gasteiger partial charge on any atom is -0.0188 e. The van der Waals surface area contributed by atoms with E-state index in [2.05, 4.69) is 32.0 Å². The Morgan fingerprint density at radius 1 is 1.38 bits per heavy atom. The van der Waals surface area contributed by atoms with E-state index in [-0.39, 0.29) is 0 Å². The fraction of sp³-hybridized carbons (Fsp3) is 0.538. The van der Waals surface area contributed by atoms with Crippen LogP contribution in [0.15, 0.2) is 18.2 Å². The molecule has 1 aromatic rings. The molecule has 0 nitrogen and oxygen atoms in total. The summed E-state index contributed by atoms with van der Waals surface area (Å²) in [5.74, 6) is 0.787. The van der Waals surface area contributed by atoms with Crippen LogP contribution >= 0.6 is 0 Å². The molecule has 0 N–H and O–H groups in total. The van der Waals surface area contributed by atoms with E-state index in [1.807, 2.05) is 0 Å². The quantitative estimate of drug-likeness (QED) is 0.609. The Morgan fingerprint density at radius 2 is 2.23 bits per heavy atom. The summed E-state index contributed by atoms with van der Waals surface area (Å²) in [5.41, 5.74) is 4.70. The molecule has 0 bridgehead atoms. The van der Waals surface area contributed by atoms with Gasteiger partial charge >= 0.3 is 0 Å². The van der Waals surface area contributed by atoms with Crippen molar-refractivity contribution < 1.29 is 0 Å². The number of fused-ring (bicyclic) bond motifs is 1. The zero-order valence-corrected chi connectivity index (χ0v) is 8.64. The van der Waals surface area contributed by atoms with Crippen LogP contribution in [0, 0.1) is 0 Å². The van der Waals surface area contributed by atoms with Crippen LogP contribution in [-0.2, 0) is 12.8 Å². The van der Waals surface area contributed by atoms with Crippen LogP contribution < -0.4 is 0 Å². The molecule has 2 rings (SSSR count). The normalized spacial score (nSPS) is 21.2. The smallest absolute Gasteiger partial charge is 0.0188 e. The molecule has 1 aliphatic carbocycles. The topological polar surface area (TPSA) is 0 Å². The van der Waals surface area contributed by atoms with Crippen LogP contribution in [0.1, 0.15) is 49.3 Å². The summed E-state index contributed by atoms with van der Waals surface area (Å²) in [5, 5.41) is 0. The molecule has 0 saturated carbocycles. The van der Waals surface area contributed by atoms with Crippen molar-refractivity contribution >= 4 is 0 Å². The highest BCUT2D eigenvalue weighted by molar-refractivity contribution is 5.36. The second-order valence-corrected chi connectivity index (χ2v) is 4.18. The summed E-state index contributed by atoms with van der Waals surface area (Å²) in [7, 11) is 0. The molecule has 0 heteroatoms. The minimum atomic E-state index is 0.787.